The molecule has 5 rings (SSSR count). The topological polar surface area (TPSA) is 103 Å². The molecule has 0 aromatic heterocycles. The molecule has 0 saturated heterocycles. The maximum Gasteiger partial charge on any atom is 0.169 e. The van der Waals surface area contributed by atoms with Gasteiger partial charge in [0.1, 0.15) is 17.1 Å². The maximum atomic E-state index is 14.5. The fourth-order valence-electron chi connectivity index (χ4n) is 6.36. The lowest BCUT2D eigenvalue weighted by Crippen LogP contribution is -2.55. The first kappa shape index (κ1) is 27.6. The Morgan fingerprint density at radius 1 is 0.780 bits per heavy atom. The zero-order valence-electron chi connectivity index (χ0n) is 22.9. The number of nitriles is 2. The maximum absolute atomic E-state index is 14.5. The van der Waals surface area contributed by atoms with E-state index in [0.717, 1.165) is 0 Å². The third kappa shape index (κ3) is 4.73. The second kappa shape index (κ2) is 11.3. The standard InChI is InChI=1S/C35H30N2O4/c1-40-28-18-16-24(17-19-28)30-21-35(39,27-13-7-4-8-14-27)32(33(38)25-10-5-3-6-11-25)31(34(30,22-36)23-37)26-12-9-15-29(20-26)41-2/h3-20,30-32,39H,21H2,1-2H3. The molecular weight excluding hydrogens is 512 g/mol. The summed E-state index contributed by atoms with van der Waals surface area (Å²) < 4.78 is 10.9. The van der Waals surface area contributed by atoms with Gasteiger partial charge in [-0.1, -0.05) is 84.9 Å². The van der Waals surface area contributed by atoms with Gasteiger partial charge in [0, 0.05) is 17.4 Å². The molecule has 4 aromatic rings. The molecule has 41 heavy (non-hydrogen) atoms. The first-order valence-corrected chi connectivity index (χ1v) is 13.4. The average Bonchev–Trinajstić information content (AvgIpc) is 3.05. The van der Waals surface area contributed by atoms with Gasteiger partial charge in [0.25, 0.3) is 0 Å². The molecule has 6 nitrogen and oxygen atoms in total. The Morgan fingerprint density at radius 3 is 1.98 bits per heavy atom. The molecule has 4 atom stereocenters. The van der Waals surface area contributed by atoms with Crippen LogP contribution in [0.4, 0.5) is 0 Å². The molecule has 4 aromatic carbocycles. The van der Waals surface area contributed by atoms with Crippen LogP contribution in [0.1, 0.15) is 45.3 Å². The van der Waals surface area contributed by atoms with Crippen LogP contribution < -0.4 is 9.47 Å². The Bertz CT molecular complexity index is 1590. The molecule has 0 bridgehead atoms. The van der Waals surface area contributed by atoms with Gasteiger partial charge in [-0.3, -0.25) is 4.79 Å². The van der Waals surface area contributed by atoms with E-state index in [1.54, 1.807) is 79.9 Å². The number of Topliss-reactive ketones (excluding diaryl/α,β-unsaturated/α-hetero) is 1. The minimum atomic E-state index is -1.72. The first-order valence-electron chi connectivity index (χ1n) is 13.4. The lowest BCUT2D eigenvalue weighted by molar-refractivity contribution is -0.0783. The van der Waals surface area contributed by atoms with Gasteiger partial charge in [-0.15, -0.1) is 0 Å². The van der Waals surface area contributed by atoms with Crippen molar-refractivity contribution in [3.63, 3.8) is 0 Å². The van der Waals surface area contributed by atoms with Crippen molar-refractivity contribution in [2.45, 2.75) is 23.9 Å². The number of carbonyl (C=O) groups excluding carboxylic acids is 1. The van der Waals surface area contributed by atoms with Gasteiger partial charge in [-0.2, -0.15) is 10.5 Å². The number of carbonyl (C=O) groups is 1. The molecular formula is C35H30N2O4. The van der Waals surface area contributed by atoms with Crippen LogP contribution in [-0.4, -0.2) is 25.1 Å². The van der Waals surface area contributed by atoms with E-state index in [2.05, 4.69) is 12.1 Å². The second-order valence-corrected chi connectivity index (χ2v) is 10.4. The van der Waals surface area contributed by atoms with Crippen LogP contribution in [0.2, 0.25) is 0 Å². The van der Waals surface area contributed by atoms with E-state index in [1.807, 2.05) is 36.4 Å². The number of benzene rings is 4. The quantitative estimate of drug-likeness (QED) is 0.271. The minimum Gasteiger partial charge on any atom is -0.497 e. The number of methoxy groups -OCH3 is 2. The zero-order valence-corrected chi connectivity index (χ0v) is 22.9. The fourth-order valence-corrected chi connectivity index (χ4v) is 6.36. The lowest BCUT2D eigenvalue weighted by Gasteiger charge is -2.53. The lowest BCUT2D eigenvalue weighted by atomic mass is 9.48. The van der Waals surface area contributed by atoms with E-state index >= 15 is 0 Å². The number of rotatable bonds is 7. The van der Waals surface area contributed by atoms with Gasteiger partial charge in [0.05, 0.1) is 32.3 Å². The summed E-state index contributed by atoms with van der Waals surface area (Å²) in [5.74, 6) is -2.10. The highest BCUT2D eigenvalue weighted by Crippen LogP contribution is 2.63. The summed E-state index contributed by atoms with van der Waals surface area (Å²) in [6.45, 7) is 0. The van der Waals surface area contributed by atoms with Crippen molar-refractivity contribution < 1.29 is 19.4 Å². The number of ether oxygens (including phenoxy) is 2. The van der Waals surface area contributed by atoms with Crippen LogP contribution in [-0.2, 0) is 5.60 Å². The molecule has 0 heterocycles. The van der Waals surface area contributed by atoms with Gasteiger partial charge in [-0.05, 0) is 47.4 Å². The normalized spacial score (nSPS) is 23.0. The molecule has 204 valence electrons. The number of ketones is 1. The van der Waals surface area contributed by atoms with Crippen LogP contribution >= 0.6 is 0 Å². The first-order chi connectivity index (χ1) is 19.9. The molecule has 0 aliphatic heterocycles. The molecule has 0 amide bonds. The van der Waals surface area contributed by atoms with Crippen molar-refractivity contribution in [3.8, 4) is 23.6 Å². The van der Waals surface area contributed by atoms with E-state index < -0.39 is 28.8 Å². The highest BCUT2D eigenvalue weighted by Gasteiger charge is 2.64. The molecule has 1 aliphatic carbocycles. The van der Waals surface area contributed by atoms with Crippen molar-refractivity contribution >= 4 is 5.78 Å². The van der Waals surface area contributed by atoms with Crippen molar-refractivity contribution in [1.29, 1.82) is 10.5 Å². The smallest absolute Gasteiger partial charge is 0.169 e. The predicted molar refractivity (Wildman–Crippen MR) is 154 cm³/mol. The largest absolute Gasteiger partial charge is 0.497 e. The Balaban J connectivity index is 1.85. The van der Waals surface area contributed by atoms with E-state index in [9.17, 15) is 20.4 Å². The van der Waals surface area contributed by atoms with Crippen LogP contribution in [0.25, 0.3) is 0 Å². The summed E-state index contributed by atoms with van der Waals surface area (Å²) >= 11 is 0. The number of hydrogen-bond acceptors (Lipinski definition) is 6. The van der Waals surface area contributed by atoms with Crippen molar-refractivity contribution in [3.05, 3.63) is 131 Å². The van der Waals surface area contributed by atoms with Gasteiger partial charge >= 0.3 is 0 Å². The highest BCUT2D eigenvalue weighted by atomic mass is 16.5. The Morgan fingerprint density at radius 2 is 1.39 bits per heavy atom. The Labute approximate surface area is 240 Å². The Kier molecular flexibility index (Phi) is 7.62. The van der Waals surface area contributed by atoms with E-state index in [0.29, 0.717) is 33.8 Å². The summed E-state index contributed by atoms with van der Waals surface area (Å²) in [6.07, 6.45) is -0.0197. The molecule has 4 unspecified atom stereocenters. The van der Waals surface area contributed by atoms with Crippen LogP contribution in [0.5, 0.6) is 11.5 Å². The zero-order chi connectivity index (χ0) is 29.0. The van der Waals surface area contributed by atoms with Crippen molar-refractivity contribution in [2.75, 3.05) is 14.2 Å². The van der Waals surface area contributed by atoms with Gasteiger partial charge in [-0.25, -0.2) is 0 Å². The molecule has 6 heteroatoms. The van der Waals surface area contributed by atoms with Crippen LogP contribution in [0.15, 0.2) is 109 Å². The van der Waals surface area contributed by atoms with E-state index in [1.165, 1.54) is 7.11 Å². The monoisotopic (exact) mass is 542 g/mol. The molecule has 0 spiro atoms. The molecule has 0 radical (unpaired) electrons. The van der Waals surface area contributed by atoms with Gasteiger partial charge < -0.3 is 14.6 Å². The third-order valence-corrected chi connectivity index (χ3v) is 8.36. The minimum absolute atomic E-state index is 0.0197. The van der Waals surface area contributed by atoms with E-state index in [4.69, 9.17) is 9.47 Å². The summed E-state index contributed by atoms with van der Waals surface area (Å²) in [5, 5.41) is 34.7. The van der Waals surface area contributed by atoms with Crippen LogP contribution in [0, 0.1) is 34.0 Å². The van der Waals surface area contributed by atoms with Gasteiger partial charge in [0.2, 0.25) is 0 Å². The summed E-state index contributed by atoms with van der Waals surface area (Å²) in [6, 6.07) is 36.8. The van der Waals surface area contributed by atoms with Crippen LogP contribution in [0.3, 0.4) is 0 Å². The molecule has 1 fully saturated rings. The summed E-state index contributed by atoms with van der Waals surface area (Å²) in [5.41, 5.74) is -1.23. The Hall–Kier alpha value is -4.91. The average molecular weight is 543 g/mol. The second-order valence-electron chi connectivity index (χ2n) is 10.4. The molecule has 1 saturated carbocycles. The fraction of sp³-hybridized carbons (Fsp3) is 0.229. The molecule has 1 N–H and O–H groups in total. The van der Waals surface area contributed by atoms with Crippen molar-refractivity contribution in [2.24, 2.45) is 11.3 Å². The third-order valence-electron chi connectivity index (χ3n) is 8.36. The van der Waals surface area contributed by atoms with E-state index in [-0.39, 0.29) is 12.2 Å². The number of nitrogens with zero attached hydrogens (tertiary/aromatic N) is 2. The number of aliphatic hydroxyl groups is 1. The summed E-state index contributed by atoms with van der Waals surface area (Å²) in [4.78, 5) is 14.5. The van der Waals surface area contributed by atoms with Crippen molar-refractivity contribution in [1.82, 2.24) is 0 Å². The predicted octanol–water partition coefficient (Wildman–Crippen LogP) is 6.40. The SMILES string of the molecule is COc1ccc(C2CC(O)(c3ccccc3)C(C(=O)c3ccccc3)C(c3cccc(OC)c3)C2(C#N)C#N)cc1. The summed E-state index contributed by atoms with van der Waals surface area (Å²) in [7, 11) is 3.10. The molecule has 1 aliphatic rings. The highest BCUT2D eigenvalue weighted by molar-refractivity contribution is 5.99. The number of hydrogen-bond donors (Lipinski definition) is 1. The van der Waals surface area contributed by atoms with Gasteiger partial charge in [0.15, 0.2) is 11.2 Å².